The molecule has 0 saturated carbocycles. The van der Waals surface area contributed by atoms with Gasteiger partial charge >= 0.3 is 0 Å². The molecule has 0 aliphatic carbocycles. The summed E-state index contributed by atoms with van der Waals surface area (Å²) in [6.45, 7) is 6.98. The van der Waals surface area contributed by atoms with Crippen LogP contribution in [0.2, 0.25) is 0 Å². The molecule has 88 valence electrons. The summed E-state index contributed by atoms with van der Waals surface area (Å²) >= 11 is 4.89. The number of hydrogen-bond donors (Lipinski definition) is 1. The van der Waals surface area contributed by atoms with Crippen LogP contribution in [0.15, 0.2) is 18.3 Å². The van der Waals surface area contributed by atoms with Crippen LogP contribution in [0.4, 0.5) is 0 Å². The minimum atomic E-state index is 0.580. The Kier molecular flexibility index (Phi) is 5.35. The number of pyridine rings is 1. The topological polar surface area (TPSA) is 42.1 Å². The number of hydrogen-bond acceptors (Lipinski definition) is 3. The summed E-state index contributed by atoms with van der Waals surface area (Å²) in [5.74, 6) is 0. The van der Waals surface area contributed by atoms with Gasteiger partial charge in [-0.2, -0.15) is 0 Å². The van der Waals surface area contributed by atoms with E-state index < -0.39 is 0 Å². The summed E-state index contributed by atoms with van der Waals surface area (Å²) in [5, 5.41) is 0. The van der Waals surface area contributed by atoms with Crippen molar-refractivity contribution in [1.82, 2.24) is 9.88 Å². The van der Waals surface area contributed by atoms with Crippen LogP contribution in [0.5, 0.6) is 0 Å². The molecule has 0 aliphatic heterocycles. The Morgan fingerprint density at radius 2 is 2.31 bits per heavy atom. The number of nitrogens with two attached hydrogens (primary N) is 1. The zero-order chi connectivity index (χ0) is 12.0. The molecule has 0 spiro atoms. The third-order valence-electron chi connectivity index (χ3n) is 2.61. The van der Waals surface area contributed by atoms with Gasteiger partial charge in [-0.1, -0.05) is 25.2 Å². The molecule has 0 fully saturated rings. The molecule has 0 amide bonds. The normalized spacial score (nSPS) is 10.7. The highest BCUT2D eigenvalue weighted by Gasteiger charge is 2.06. The lowest BCUT2D eigenvalue weighted by molar-refractivity contribution is 0.284. The first kappa shape index (κ1) is 13.1. The lowest BCUT2D eigenvalue weighted by Gasteiger charge is -2.20. The molecule has 16 heavy (non-hydrogen) atoms. The summed E-state index contributed by atoms with van der Waals surface area (Å²) in [5.41, 5.74) is 7.87. The largest absolute Gasteiger partial charge is 0.393 e. The molecule has 4 heteroatoms. The molecule has 0 aromatic carbocycles. The molecule has 0 atom stereocenters. The van der Waals surface area contributed by atoms with Crippen molar-refractivity contribution in [3.63, 3.8) is 0 Å². The third-order valence-corrected chi connectivity index (χ3v) is 2.82. The van der Waals surface area contributed by atoms with Crippen LogP contribution >= 0.6 is 12.2 Å². The van der Waals surface area contributed by atoms with Crippen LogP contribution in [0, 0.1) is 6.92 Å². The monoisotopic (exact) mass is 237 g/mol. The lowest BCUT2D eigenvalue weighted by atomic mass is 10.2. The molecule has 3 nitrogen and oxygen atoms in total. The Bertz CT molecular complexity index is 352. The van der Waals surface area contributed by atoms with Crippen molar-refractivity contribution < 1.29 is 0 Å². The minimum absolute atomic E-state index is 0.580. The Hall–Kier alpha value is -1.00. The maximum atomic E-state index is 5.51. The smallest absolute Gasteiger partial charge is 0.0740 e. The van der Waals surface area contributed by atoms with Crippen LogP contribution in [-0.4, -0.2) is 28.0 Å². The number of nitrogens with zero attached hydrogens (tertiary/aromatic N) is 2. The highest BCUT2D eigenvalue weighted by Crippen LogP contribution is 2.07. The SMILES string of the molecule is CCN(CCC(N)=S)Cc1ncccc1C. The van der Waals surface area contributed by atoms with Gasteiger partial charge in [-0.25, -0.2) is 0 Å². The van der Waals surface area contributed by atoms with Crippen molar-refractivity contribution in [3.05, 3.63) is 29.6 Å². The fourth-order valence-corrected chi connectivity index (χ4v) is 1.60. The maximum absolute atomic E-state index is 5.51. The van der Waals surface area contributed by atoms with Gasteiger partial charge in [0.05, 0.1) is 10.7 Å². The molecule has 0 aliphatic rings. The molecule has 0 radical (unpaired) electrons. The van der Waals surface area contributed by atoms with E-state index >= 15 is 0 Å². The van der Waals surface area contributed by atoms with Crippen molar-refractivity contribution in [3.8, 4) is 0 Å². The van der Waals surface area contributed by atoms with E-state index in [4.69, 9.17) is 18.0 Å². The molecule has 0 unspecified atom stereocenters. The molecule has 1 heterocycles. The van der Waals surface area contributed by atoms with Crippen LogP contribution in [0.1, 0.15) is 24.6 Å². The van der Waals surface area contributed by atoms with Gasteiger partial charge < -0.3 is 5.73 Å². The van der Waals surface area contributed by atoms with Gasteiger partial charge in [0.25, 0.3) is 0 Å². The zero-order valence-electron chi connectivity index (χ0n) is 9.94. The Morgan fingerprint density at radius 1 is 1.56 bits per heavy atom. The van der Waals surface area contributed by atoms with E-state index in [1.165, 1.54) is 5.56 Å². The van der Waals surface area contributed by atoms with Gasteiger partial charge in [0, 0.05) is 25.7 Å². The van der Waals surface area contributed by atoms with E-state index in [-0.39, 0.29) is 0 Å². The maximum Gasteiger partial charge on any atom is 0.0740 e. The third kappa shape index (κ3) is 4.24. The molecule has 1 aromatic rings. The van der Waals surface area contributed by atoms with Gasteiger partial charge in [-0.05, 0) is 25.1 Å². The number of aromatic nitrogens is 1. The van der Waals surface area contributed by atoms with Crippen molar-refractivity contribution in [1.29, 1.82) is 0 Å². The Balaban J connectivity index is 2.56. The van der Waals surface area contributed by atoms with Crippen molar-refractivity contribution in [2.24, 2.45) is 5.73 Å². The van der Waals surface area contributed by atoms with Crippen LogP contribution in [0.25, 0.3) is 0 Å². The minimum Gasteiger partial charge on any atom is -0.393 e. The van der Waals surface area contributed by atoms with Gasteiger partial charge in [0.15, 0.2) is 0 Å². The highest BCUT2D eigenvalue weighted by molar-refractivity contribution is 7.80. The quantitative estimate of drug-likeness (QED) is 0.767. The summed E-state index contributed by atoms with van der Waals surface area (Å²) in [7, 11) is 0. The second kappa shape index (κ2) is 6.55. The van der Waals surface area contributed by atoms with Gasteiger partial charge in [0.2, 0.25) is 0 Å². The van der Waals surface area contributed by atoms with E-state index in [2.05, 4.69) is 29.8 Å². The van der Waals surface area contributed by atoms with Crippen LogP contribution in [0.3, 0.4) is 0 Å². The second-order valence-corrected chi connectivity index (χ2v) is 4.38. The van der Waals surface area contributed by atoms with Crippen LogP contribution < -0.4 is 5.73 Å². The highest BCUT2D eigenvalue weighted by atomic mass is 32.1. The van der Waals surface area contributed by atoms with E-state index in [0.29, 0.717) is 4.99 Å². The molecular formula is C12H19N3S. The van der Waals surface area contributed by atoms with Gasteiger partial charge in [-0.3, -0.25) is 9.88 Å². The summed E-state index contributed by atoms with van der Waals surface area (Å²) in [6, 6.07) is 4.05. The van der Waals surface area contributed by atoms with Gasteiger partial charge in [0.1, 0.15) is 0 Å². The fourth-order valence-electron chi connectivity index (χ4n) is 1.51. The van der Waals surface area contributed by atoms with E-state index in [9.17, 15) is 0 Å². The van der Waals surface area contributed by atoms with E-state index in [0.717, 1.165) is 31.7 Å². The number of aryl methyl sites for hydroxylation is 1. The number of thiocarbonyl (C=S) groups is 1. The van der Waals surface area contributed by atoms with Crippen molar-refractivity contribution in [2.45, 2.75) is 26.8 Å². The summed E-state index contributed by atoms with van der Waals surface area (Å²) < 4.78 is 0. The first-order valence-electron chi connectivity index (χ1n) is 5.54. The first-order chi connectivity index (χ1) is 7.63. The molecule has 1 rings (SSSR count). The zero-order valence-corrected chi connectivity index (χ0v) is 10.8. The predicted molar refractivity (Wildman–Crippen MR) is 71.3 cm³/mol. The average Bonchev–Trinajstić information content (AvgIpc) is 2.26. The Morgan fingerprint density at radius 3 is 2.88 bits per heavy atom. The van der Waals surface area contributed by atoms with Crippen molar-refractivity contribution >= 4 is 17.2 Å². The van der Waals surface area contributed by atoms with Gasteiger partial charge in [-0.15, -0.1) is 0 Å². The van der Waals surface area contributed by atoms with E-state index in [1.807, 2.05) is 12.3 Å². The molecule has 2 N–H and O–H groups in total. The molecular weight excluding hydrogens is 218 g/mol. The molecule has 0 saturated heterocycles. The first-order valence-corrected chi connectivity index (χ1v) is 5.95. The molecule has 0 bridgehead atoms. The molecule has 1 aromatic heterocycles. The average molecular weight is 237 g/mol. The lowest BCUT2D eigenvalue weighted by Crippen LogP contribution is -2.27. The predicted octanol–water partition coefficient (Wildman–Crippen LogP) is 1.89. The fraction of sp³-hybridized carbons (Fsp3) is 0.500. The van der Waals surface area contributed by atoms with Crippen molar-refractivity contribution in [2.75, 3.05) is 13.1 Å². The van der Waals surface area contributed by atoms with Crippen LogP contribution in [-0.2, 0) is 6.54 Å². The number of rotatable bonds is 6. The second-order valence-electron chi connectivity index (χ2n) is 3.85. The van der Waals surface area contributed by atoms with E-state index in [1.54, 1.807) is 0 Å². The summed E-state index contributed by atoms with van der Waals surface area (Å²) in [4.78, 5) is 7.27. The Labute approximate surface area is 103 Å². The summed E-state index contributed by atoms with van der Waals surface area (Å²) in [6.07, 6.45) is 2.61. The standard InChI is InChI=1S/C12H19N3S/c1-3-15(8-6-12(13)16)9-11-10(2)5-4-7-14-11/h4-5,7H,3,6,8-9H2,1-2H3,(H2,13,16).